The lowest BCUT2D eigenvalue weighted by atomic mass is 10.2. The molecule has 1 N–H and O–H groups in total. The van der Waals surface area contributed by atoms with Gasteiger partial charge in [-0.15, -0.1) is 11.3 Å². The van der Waals surface area contributed by atoms with Crippen molar-refractivity contribution in [3.05, 3.63) is 49.5 Å². The lowest BCUT2D eigenvalue weighted by Gasteiger charge is -2.07. The highest BCUT2D eigenvalue weighted by Crippen LogP contribution is 2.27. The second-order valence-corrected chi connectivity index (χ2v) is 5.66. The number of rotatable bonds is 4. The van der Waals surface area contributed by atoms with Crippen LogP contribution in [0.4, 0.5) is 11.4 Å². The molecule has 0 saturated heterocycles. The van der Waals surface area contributed by atoms with Crippen LogP contribution in [-0.4, -0.2) is 9.91 Å². The van der Waals surface area contributed by atoms with E-state index in [1.807, 2.05) is 20.8 Å². The fourth-order valence-electron chi connectivity index (χ4n) is 1.86. The monoisotopic (exact) mass is 277 g/mol. The van der Waals surface area contributed by atoms with E-state index in [0.717, 1.165) is 21.1 Å². The molecule has 0 atom stereocenters. The molecule has 6 heteroatoms. The second kappa shape index (κ2) is 5.36. The van der Waals surface area contributed by atoms with Gasteiger partial charge >= 0.3 is 0 Å². The molecule has 1 aromatic heterocycles. The Labute approximate surface area is 115 Å². The summed E-state index contributed by atoms with van der Waals surface area (Å²) in [7, 11) is 0. The van der Waals surface area contributed by atoms with Crippen molar-refractivity contribution in [3.63, 3.8) is 0 Å². The van der Waals surface area contributed by atoms with Crippen LogP contribution in [-0.2, 0) is 6.54 Å². The Hall–Kier alpha value is -1.95. The Morgan fingerprint density at radius 2 is 2.11 bits per heavy atom. The number of nitrogens with zero attached hydrogens (tertiary/aromatic N) is 2. The first-order chi connectivity index (χ1) is 8.97. The maximum atomic E-state index is 11.0. The smallest absolute Gasteiger partial charge is 0.292 e. The first-order valence-electron chi connectivity index (χ1n) is 5.89. The number of benzene rings is 1. The van der Waals surface area contributed by atoms with Crippen LogP contribution >= 0.6 is 11.3 Å². The SMILES string of the molecule is Cc1ccc([N+](=O)[O-])c(NCc2sc(C)nc2C)c1. The van der Waals surface area contributed by atoms with Crippen LogP contribution in [0.3, 0.4) is 0 Å². The van der Waals surface area contributed by atoms with Crippen LogP contribution in [0.15, 0.2) is 18.2 Å². The zero-order valence-corrected chi connectivity index (χ0v) is 11.9. The summed E-state index contributed by atoms with van der Waals surface area (Å²) in [5.74, 6) is 0. The van der Waals surface area contributed by atoms with Crippen LogP contribution in [0.5, 0.6) is 0 Å². The third-order valence-electron chi connectivity index (χ3n) is 2.79. The lowest BCUT2D eigenvalue weighted by molar-refractivity contribution is -0.384. The number of aromatic nitrogens is 1. The summed E-state index contributed by atoms with van der Waals surface area (Å²) < 4.78 is 0. The number of thiazole rings is 1. The van der Waals surface area contributed by atoms with Gasteiger partial charge in [0, 0.05) is 10.9 Å². The first-order valence-corrected chi connectivity index (χ1v) is 6.71. The van der Waals surface area contributed by atoms with E-state index in [0.29, 0.717) is 12.2 Å². The van der Waals surface area contributed by atoms with Gasteiger partial charge in [-0.3, -0.25) is 10.1 Å². The zero-order valence-electron chi connectivity index (χ0n) is 11.1. The van der Waals surface area contributed by atoms with Gasteiger partial charge in [0.15, 0.2) is 0 Å². The third-order valence-corrected chi connectivity index (χ3v) is 3.86. The lowest BCUT2D eigenvalue weighted by Crippen LogP contribution is -2.02. The molecule has 100 valence electrons. The maximum absolute atomic E-state index is 11.0. The summed E-state index contributed by atoms with van der Waals surface area (Å²) in [6, 6.07) is 5.06. The van der Waals surface area contributed by atoms with Gasteiger partial charge in [-0.05, 0) is 32.4 Å². The van der Waals surface area contributed by atoms with Gasteiger partial charge in [0.25, 0.3) is 5.69 Å². The molecule has 2 aromatic rings. The number of aryl methyl sites for hydroxylation is 3. The Balaban J connectivity index is 2.21. The number of hydrogen-bond donors (Lipinski definition) is 1. The number of nitrogens with one attached hydrogen (secondary N) is 1. The van der Waals surface area contributed by atoms with E-state index in [2.05, 4.69) is 10.3 Å². The normalized spacial score (nSPS) is 10.5. The van der Waals surface area contributed by atoms with Crippen LogP contribution in [0.1, 0.15) is 21.1 Å². The Kier molecular flexibility index (Phi) is 3.80. The second-order valence-electron chi connectivity index (χ2n) is 4.37. The van der Waals surface area contributed by atoms with Crippen LogP contribution < -0.4 is 5.32 Å². The zero-order chi connectivity index (χ0) is 14.0. The van der Waals surface area contributed by atoms with Gasteiger partial charge in [0.1, 0.15) is 5.69 Å². The molecule has 0 unspecified atom stereocenters. The average Bonchev–Trinajstić information content (AvgIpc) is 2.65. The highest BCUT2D eigenvalue weighted by molar-refractivity contribution is 7.11. The minimum Gasteiger partial charge on any atom is -0.375 e. The highest BCUT2D eigenvalue weighted by atomic mass is 32.1. The van der Waals surface area contributed by atoms with Crippen molar-refractivity contribution in [1.29, 1.82) is 0 Å². The van der Waals surface area contributed by atoms with Crippen molar-refractivity contribution in [1.82, 2.24) is 4.98 Å². The minimum atomic E-state index is -0.368. The van der Waals surface area contributed by atoms with Crippen molar-refractivity contribution in [3.8, 4) is 0 Å². The van der Waals surface area contributed by atoms with Gasteiger partial charge in [0.05, 0.1) is 22.2 Å². The number of nitro benzene ring substituents is 1. The third kappa shape index (κ3) is 3.08. The van der Waals surface area contributed by atoms with Crippen molar-refractivity contribution in [2.45, 2.75) is 27.3 Å². The van der Waals surface area contributed by atoms with E-state index in [1.165, 1.54) is 6.07 Å². The van der Waals surface area contributed by atoms with Gasteiger partial charge in [-0.1, -0.05) is 6.07 Å². The van der Waals surface area contributed by atoms with E-state index >= 15 is 0 Å². The molecule has 5 nitrogen and oxygen atoms in total. The average molecular weight is 277 g/mol. The molecular weight excluding hydrogens is 262 g/mol. The molecule has 0 aliphatic carbocycles. The number of hydrogen-bond acceptors (Lipinski definition) is 5. The molecule has 0 aliphatic heterocycles. The molecule has 0 amide bonds. The molecule has 0 saturated carbocycles. The van der Waals surface area contributed by atoms with E-state index in [4.69, 9.17) is 0 Å². The molecular formula is C13H15N3O2S. The highest BCUT2D eigenvalue weighted by Gasteiger charge is 2.14. The van der Waals surface area contributed by atoms with Crippen molar-refractivity contribution >= 4 is 22.7 Å². The molecule has 0 bridgehead atoms. The van der Waals surface area contributed by atoms with E-state index in [9.17, 15) is 10.1 Å². The molecule has 1 heterocycles. The van der Waals surface area contributed by atoms with Crippen LogP contribution in [0.2, 0.25) is 0 Å². The van der Waals surface area contributed by atoms with Crippen molar-refractivity contribution < 1.29 is 4.92 Å². The summed E-state index contributed by atoms with van der Waals surface area (Å²) in [4.78, 5) is 16.1. The topological polar surface area (TPSA) is 68.1 Å². The van der Waals surface area contributed by atoms with E-state index in [-0.39, 0.29) is 10.6 Å². The van der Waals surface area contributed by atoms with Crippen LogP contribution in [0, 0.1) is 30.9 Å². The summed E-state index contributed by atoms with van der Waals surface area (Å²) in [6.07, 6.45) is 0. The fraction of sp³-hybridized carbons (Fsp3) is 0.308. The van der Waals surface area contributed by atoms with Crippen molar-refractivity contribution in [2.24, 2.45) is 0 Å². The first kappa shape index (κ1) is 13.5. The molecule has 0 spiro atoms. The van der Waals surface area contributed by atoms with E-state index in [1.54, 1.807) is 23.5 Å². The van der Waals surface area contributed by atoms with Gasteiger partial charge in [0.2, 0.25) is 0 Å². The van der Waals surface area contributed by atoms with Gasteiger partial charge < -0.3 is 5.32 Å². The summed E-state index contributed by atoms with van der Waals surface area (Å²) in [5, 5.41) is 15.1. The molecule has 0 radical (unpaired) electrons. The Bertz CT molecular complexity index is 622. The standard InChI is InChI=1S/C13H15N3O2S/c1-8-4-5-12(16(17)18)11(6-8)14-7-13-9(2)15-10(3)19-13/h4-6,14H,7H2,1-3H3. The molecule has 19 heavy (non-hydrogen) atoms. The quantitative estimate of drug-likeness (QED) is 0.685. The minimum absolute atomic E-state index is 0.101. The Morgan fingerprint density at radius 1 is 1.37 bits per heavy atom. The largest absolute Gasteiger partial charge is 0.375 e. The number of anilines is 1. The molecule has 2 rings (SSSR count). The molecule has 1 aromatic carbocycles. The van der Waals surface area contributed by atoms with Gasteiger partial charge in [-0.25, -0.2) is 4.98 Å². The Morgan fingerprint density at radius 3 is 2.68 bits per heavy atom. The van der Waals surface area contributed by atoms with Crippen LogP contribution in [0.25, 0.3) is 0 Å². The summed E-state index contributed by atoms with van der Waals surface area (Å²) >= 11 is 1.61. The predicted octanol–water partition coefficient (Wildman–Crippen LogP) is 3.59. The van der Waals surface area contributed by atoms with Gasteiger partial charge in [-0.2, -0.15) is 0 Å². The summed E-state index contributed by atoms with van der Waals surface area (Å²) in [6.45, 7) is 6.38. The summed E-state index contributed by atoms with van der Waals surface area (Å²) in [5.41, 5.74) is 2.62. The van der Waals surface area contributed by atoms with Crippen molar-refractivity contribution in [2.75, 3.05) is 5.32 Å². The molecule has 0 fully saturated rings. The predicted molar refractivity (Wildman–Crippen MR) is 76.7 cm³/mol. The molecule has 0 aliphatic rings. The number of nitro groups is 1. The maximum Gasteiger partial charge on any atom is 0.292 e. The fourth-order valence-corrected chi connectivity index (χ4v) is 2.74. The van der Waals surface area contributed by atoms with E-state index < -0.39 is 0 Å².